The fourth-order valence-electron chi connectivity index (χ4n) is 3.02. The maximum atomic E-state index is 6.81. The van der Waals surface area contributed by atoms with Gasteiger partial charge in [0.2, 0.25) is 16.6 Å². The molecule has 0 unspecified atom stereocenters. The smallest absolute Gasteiger partial charge is 0.206 e. The zero-order valence-corrected chi connectivity index (χ0v) is 18.0. The molecule has 0 radical (unpaired) electrons. The first-order valence-electron chi connectivity index (χ1n) is 8.61. The second kappa shape index (κ2) is 7.25. The number of ether oxygens (including phenoxy) is 1. The predicted molar refractivity (Wildman–Crippen MR) is 109 cm³/mol. The van der Waals surface area contributed by atoms with E-state index >= 15 is 0 Å². The molecule has 130 valence electrons. The van der Waals surface area contributed by atoms with E-state index in [-0.39, 0.29) is 0 Å². The summed E-state index contributed by atoms with van der Waals surface area (Å²) in [6.07, 6.45) is 0. The minimum Gasteiger partial charge on any atom is -0.497 e. The van der Waals surface area contributed by atoms with E-state index in [1.807, 2.05) is 12.1 Å². The van der Waals surface area contributed by atoms with Crippen LogP contribution in [0.15, 0.2) is 48.5 Å². The molecule has 0 spiro atoms. The second-order valence-corrected chi connectivity index (χ2v) is 15.6. The van der Waals surface area contributed by atoms with Gasteiger partial charge in [-0.05, 0) is 60.2 Å². The minimum atomic E-state index is -1.96. The Morgan fingerprint density at radius 1 is 0.708 bits per heavy atom. The van der Waals surface area contributed by atoms with Crippen LogP contribution in [0.1, 0.15) is 25.3 Å². The van der Waals surface area contributed by atoms with E-state index in [1.165, 1.54) is 15.9 Å². The van der Waals surface area contributed by atoms with Crippen molar-refractivity contribution in [3.8, 4) is 5.75 Å². The van der Waals surface area contributed by atoms with Crippen molar-refractivity contribution in [2.45, 2.75) is 46.0 Å². The summed E-state index contributed by atoms with van der Waals surface area (Å²) in [6.45, 7) is 13.6. The third-order valence-corrected chi connectivity index (χ3v) is 12.1. The SMILES string of the molecule is COc1ccc([Si](C)(C)O[Si](C)(C)c2ccc(C(C)C)cc2)cc1. The van der Waals surface area contributed by atoms with E-state index in [4.69, 9.17) is 8.85 Å². The summed E-state index contributed by atoms with van der Waals surface area (Å²) in [7, 11) is -2.21. The molecule has 0 heterocycles. The molecule has 0 aliphatic rings. The van der Waals surface area contributed by atoms with Crippen molar-refractivity contribution in [1.82, 2.24) is 0 Å². The van der Waals surface area contributed by atoms with E-state index in [2.05, 4.69) is 76.4 Å². The molecule has 2 aromatic rings. The predicted octanol–water partition coefficient (Wildman–Crippen LogP) is 4.36. The highest BCUT2D eigenvalue weighted by Crippen LogP contribution is 2.18. The molecular formula is C20H30O2Si2. The molecule has 0 atom stereocenters. The molecule has 2 aromatic carbocycles. The third-order valence-electron chi connectivity index (χ3n) is 4.57. The maximum Gasteiger partial charge on any atom is 0.206 e. The molecular weight excluding hydrogens is 328 g/mol. The van der Waals surface area contributed by atoms with Crippen molar-refractivity contribution in [2.24, 2.45) is 0 Å². The Labute approximate surface area is 149 Å². The summed E-state index contributed by atoms with van der Waals surface area (Å²) in [5, 5.41) is 2.67. The number of hydrogen-bond donors (Lipinski definition) is 0. The van der Waals surface area contributed by atoms with Crippen molar-refractivity contribution >= 4 is 27.0 Å². The monoisotopic (exact) mass is 358 g/mol. The molecule has 0 saturated heterocycles. The van der Waals surface area contributed by atoms with Crippen molar-refractivity contribution in [2.75, 3.05) is 7.11 Å². The number of benzene rings is 2. The molecule has 4 heteroatoms. The van der Waals surface area contributed by atoms with Gasteiger partial charge in [-0.1, -0.05) is 50.2 Å². The first kappa shape index (κ1) is 19.0. The van der Waals surface area contributed by atoms with Gasteiger partial charge in [0.25, 0.3) is 0 Å². The largest absolute Gasteiger partial charge is 0.497 e. The van der Waals surface area contributed by atoms with E-state index < -0.39 is 16.6 Å². The highest BCUT2D eigenvalue weighted by Gasteiger charge is 2.35. The van der Waals surface area contributed by atoms with Gasteiger partial charge in [0.05, 0.1) is 7.11 Å². The second-order valence-electron chi connectivity index (χ2n) is 7.63. The zero-order valence-electron chi connectivity index (χ0n) is 16.0. The molecule has 24 heavy (non-hydrogen) atoms. The van der Waals surface area contributed by atoms with Crippen molar-refractivity contribution in [1.29, 1.82) is 0 Å². The van der Waals surface area contributed by atoms with Crippen molar-refractivity contribution < 1.29 is 8.85 Å². The lowest BCUT2D eigenvalue weighted by atomic mass is 10.0. The Balaban J connectivity index is 2.21. The molecule has 0 fully saturated rings. The molecule has 2 rings (SSSR count). The summed E-state index contributed by atoms with van der Waals surface area (Å²) in [4.78, 5) is 0. The highest BCUT2D eigenvalue weighted by atomic mass is 28.4. The Morgan fingerprint density at radius 2 is 1.12 bits per heavy atom. The van der Waals surface area contributed by atoms with E-state index in [1.54, 1.807) is 7.11 Å². The third kappa shape index (κ3) is 4.38. The van der Waals surface area contributed by atoms with E-state index in [0.717, 1.165) is 5.75 Å². The zero-order chi connectivity index (χ0) is 18.0. The highest BCUT2D eigenvalue weighted by molar-refractivity contribution is 6.96. The summed E-state index contributed by atoms with van der Waals surface area (Å²) in [5.41, 5.74) is 1.38. The van der Waals surface area contributed by atoms with E-state index in [0.29, 0.717) is 5.92 Å². The lowest BCUT2D eigenvalue weighted by Gasteiger charge is -2.34. The Kier molecular flexibility index (Phi) is 5.73. The molecule has 2 nitrogen and oxygen atoms in total. The first-order chi connectivity index (χ1) is 11.2. The van der Waals surface area contributed by atoms with Gasteiger partial charge in [-0.15, -0.1) is 0 Å². The number of hydrogen-bond acceptors (Lipinski definition) is 2. The Bertz CT molecular complexity index is 659. The fraction of sp³-hybridized carbons (Fsp3) is 0.400. The molecule has 0 aliphatic heterocycles. The number of rotatable bonds is 6. The average Bonchev–Trinajstić information content (AvgIpc) is 2.54. The van der Waals surface area contributed by atoms with Gasteiger partial charge < -0.3 is 8.85 Å². The lowest BCUT2D eigenvalue weighted by molar-refractivity contribution is 0.415. The van der Waals surface area contributed by atoms with Gasteiger partial charge in [0.15, 0.2) is 0 Å². The molecule has 0 bridgehead atoms. The molecule has 0 aromatic heterocycles. The van der Waals surface area contributed by atoms with Crippen LogP contribution in [0.3, 0.4) is 0 Å². The quantitative estimate of drug-likeness (QED) is 0.714. The minimum absolute atomic E-state index is 0.565. The van der Waals surface area contributed by atoms with Gasteiger partial charge in [0.1, 0.15) is 5.75 Å². The molecule has 0 N–H and O–H groups in total. The van der Waals surface area contributed by atoms with Gasteiger partial charge in [0, 0.05) is 0 Å². The van der Waals surface area contributed by atoms with Crippen LogP contribution in [-0.4, -0.2) is 23.7 Å². The van der Waals surface area contributed by atoms with Crippen LogP contribution < -0.4 is 15.1 Å². The summed E-state index contributed by atoms with van der Waals surface area (Å²) < 4.78 is 12.1. The lowest BCUT2D eigenvalue weighted by Crippen LogP contribution is -2.57. The summed E-state index contributed by atoms with van der Waals surface area (Å²) in [6, 6.07) is 17.4. The Morgan fingerprint density at radius 3 is 1.50 bits per heavy atom. The maximum absolute atomic E-state index is 6.81. The van der Waals surface area contributed by atoms with Gasteiger partial charge >= 0.3 is 0 Å². The Hall–Kier alpha value is -1.37. The van der Waals surface area contributed by atoms with Crippen LogP contribution in [0.5, 0.6) is 5.75 Å². The van der Waals surface area contributed by atoms with Crippen LogP contribution in [0.25, 0.3) is 0 Å². The molecule has 0 aliphatic carbocycles. The topological polar surface area (TPSA) is 18.5 Å². The van der Waals surface area contributed by atoms with Crippen LogP contribution in [-0.2, 0) is 4.12 Å². The first-order valence-corrected chi connectivity index (χ1v) is 14.4. The summed E-state index contributed by atoms with van der Waals surface area (Å²) in [5.74, 6) is 1.46. The van der Waals surface area contributed by atoms with Crippen LogP contribution in [0.4, 0.5) is 0 Å². The molecule has 0 amide bonds. The number of methoxy groups -OCH3 is 1. The van der Waals surface area contributed by atoms with Crippen molar-refractivity contribution in [3.05, 3.63) is 54.1 Å². The normalized spacial score (nSPS) is 12.5. The van der Waals surface area contributed by atoms with Crippen molar-refractivity contribution in [3.63, 3.8) is 0 Å². The van der Waals surface area contributed by atoms with Crippen LogP contribution >= 0.6 is 0 Å². The van der Waals surface area contributed by atoms with Gasteiger partial charge in [-0.25, -0.2) is 0 Å². The van der Waals surface area contributed by atoms with Crippen LogP contribution in [0.2, 0.25) is 26.2 Å². The van der Waals surface area contributed by atoms with Crippen LogP contribution in [0, 0.1) is 0 Å². The fourth-order valence-corrected chi connectivity index (χ4v) is 11.0. The average molecular weight is 359 g/mol. The summed E-state index contributed by atoms with van der Waals surface area (Å²) >= 11 is 0. The van der Waals surface area contributed by atoms with Gasteiger partial charge in [-0.2, -0.15) is 0 Å². The van der Waals surface area contributed by atoms with E-state index in [9.17, 15) is 0 Å². The standard InChI is InChI=1S/C20H30O2Si2/c1-16(2)17-8-12-19(13-9-17)23(4,5)22-24(6,7)20-14-10-18(21-3)11-15-20/h8-16H,1-7H3. The van der Waals surface area contributed by atoms with Gasteiger partial charge in [-0.3, -0.25) is 0 Å². The molecule has 0 saturated carbocycles.